The van der Waals surface area contributed by atoms with Crippen LogP contribution in [0.5, 0.6) is 11.5 Å². The predicted molar refractivity (Wildman–Crippen MR) is 68.8 cm³/mol. The first-order valence-electron chi connectivity index (χ1n) is 5.90. The standard InChI is InChI=1S/C12H16N2O5/c1-7(8(2)17-3)13-9-4-11-12(19-6-18-11)5-10(9)14(15)16/h4-5,7-8,13H,6H2,1-3H3. The SMILES string of the molecule is COC(C)C(C)Nc1cc2c(cc1[N+](=O)[O-])OCO2. The van der Waals surface area contributed by atoms with Crippen molar-refractivity contribution in [1.29, 1.82) is 0 Å². The number of hydrogen-bond donors (Lipinski definition) is 1. The molecule has 0 spiro atoms. The highest BCUT2D eigenvalue weighted by Crippen LogP contribution is 2.40. The summed E-state index contributed by atoms with van der Waals surface area (Å²) < 4.78 is 15.6. The molecule has 1 aromatic rings. The fourth-order valence-corrected chi connectivity index (χ4v) is 1.76. The second kappa shape index (κ2) is 5.31. The zero-order chi connectivity index (χ0) is 14.0. The fourth-order valence-electron chi connectivity index (χ4n) is 1.76. The number of methoxy groups -OCH3 is 1. The van der Waals surface area contributed by atoms with E-state index in [4.69, 9.17) is 14.2 Å². The summed E-state index contributed by atoms with van der Waals surface area (Å²) in [7, 11) is 1.59. The highest BCUT2D eigenvalue weighted by molar-refractivity contribution is 5.69. The average molecular weight is 268 g/mol. The maximum atomic E-state index is 11.1. The monoisotopic (exact) mass is 268 g/mol. The van der Waals surface area contributed by atoms with Gasteiger partial charge in [0.25, 0.3) is 5.69 Å². The molecule has 7 nitrogen and oxygen atoms in total. The first-order chi connectivity index (χ1) is 9.02. The lowest BCUT2D eigenvalue weighted by Gasteiger charge is -2.21. The molecule has 2 rings (SSSR count). The smallest absolute Gasteiger partial charge is 0.296 e. The van der Waals surface area contributed by atoms with E-state index in [0.717, 1.165) is 0 Å². The molecule has 0 saturated heterocycles. The summed E-state index contributed by atoms with van der Waals surface area (Å²) in [5.74, 6) is 0.898. The normalized spacial score (nSPS) is 15.9. The predicted octanol–water partition coefficient (Wildman–Crippen LogP) is 2.16. The summed E-state index contributed by atoms with van der Waals surface area (Å²) >= 11 is 0. The van der Waals surface area contributed by atoms with Gasteiger partial charge in [0.2, 0.25) is 6.79 Å². The van der Waals surface area contributed by atoms with Gasteiger partial charge in [0.15, 0.2) is 11.5 Å². The third-order valence-corrected chi connectivity index (χ3v) is 3.15. The van der Waals surface area contributed by atoms with Crippen LogP contribution in [0.4, 0.5) is 11.4 Å². The molecule has 0 aliphatic carbocycles. The zero-order valence-corrected chi connectivity index (χ0v) is 11.0. The van der Waals surface area contributed by atoms with Crippen molar-refractivity contribution in [1.82, 2.24) is 0 Å². The molecule has 2 atom stereocenters. The molecule has 0 radical (unpaired) electrons. The Balaban J connectivity index is 2.30. The van der Waals surface area contributed by atoms with E-state index in [1.807, 2.05) is 13.8 Å². The number of hydrogen-bond acceptors (Lipinski definition) is 6. The van der Waals surface area contributed by atoms with Gasteiger partial charge in [0, 0.05) is 19.2 Å². The molecule has 0 aromatic heterocycles. The van der Waals surface area contributed by atoms with Crippen molar-refractivity contribution in [3.05, 3.63) is 22.2 Å². The van der Waals surface area contributed by atoms with Gasteiger partial charge in [0.1, 0.15) is 5.69 Å². The van der Waals surface area contributed by atoms with Crippen LogP contribution in [-0.4, -0.2) is 31.0 Å². The Hall–Kier alpha value is -2.02. The van der Waals surface area contributed by atoms with Crippen molar-refractivity contribution >= 4 is 11.4 Å². The summed E-state index contributed by atoms with van der Waals surface area (Å²) in [6.45, 7) is 3.86. The molecule has 104 valence electrons. The molecule has 19 heavy (non-hydrogen) atoms. The van der Waals surface area contributed by atoms with Gasteiger partial charge in [-0.1, -0.05) is 0 Å². The molecule has 0 fully saturated rings. The lowest BCUT2D eigenvalue weighted by Crippen LogP contribution is -2.29. The number of nitrogens with one attached hydrogen (secondary N) is 1. The summed E-state index contributed by atoms with van der Waals surface area (Å²) in [4.78, 5) is 10.6. The molecule has 1 aliphatic heterocycles. The Bertz CT molecular complexity index is 491. The highest BCUT2D eigenvalue weighted by Gasteiger charge is 2.25. The molecule has 1 aromatic carbocycles. The Morgan fingerprint density at radius 2 is 2.00 bits per heavy atom. The summed E-state index contributed by atoms with van der Waals surface area (Å²) in [5, 5.41) is 14.2. The topological polar surface area (TPSA) is 82.9 Å². The minimum atomic E-state index is -0.450. The lowest BCUT2D eigenvalue weighted by molar-refractivity contribution is -0.384. The van der Waals surface area contributed by atoms with Crippen molar-refractivity contribution in [2.75, 3.05) is 19.2 Å². The number of fused-ring (bicyclic) bond motifs is 1. The number of benzene rings is 1. The Morgan fingerprint density at radius 3 is 2.58 bits per heavy atom. The third-order valence-electron chi connectivity index (χ3n) is 3.15. The number of nitro groups is 1. The van der Waals surface area contributed by atoms with Gasteiger partial charge in [-0.2, -0.15) is 0 Å². The molecule has 0 bridgehead atoms. The second-order valence-electron chi connectivity index (χ2n) is 4.35. The molecular formula is C12H16N2O5. The maximum absolute atomic E-state index is 11.1. The van der Waals surface area contributed by atoms with Crippen LogP contribution in [0.15, 0.2) is 12.1 Å². The minimum Gasteiger partial charge on any atom is -0.454 e. The van der Waals surface area contributed by atoms with Crippen molar-refractivity contribution < 1.29 is 19.1 Å². The van der Waals surface area contributed by atoms with E-state index < -0.39 is 4.92 Å². The van der Waals surface area contributed by atoms with E-state index in [0.29, 0.717) is 17.2 Å². The minimum absolute atomic E-state index is 0.0422. The molecule has 1 heterocycles. The van der Waals surface area contributed by atoms with Gasteiger partial charge in [-0.3, -0.25) is 10.1 Å². The van der Waals surface area contributed by atoms with Crippen molar-refractivity contribution in [3.8, 4) is 11.5 Å². The summed E-state index contributed by atoms with van der Waals surface area (Å²) in [6.07, 6.45) is -0.0787. The first kappa shape index (κ1) is 13.4. The number of anilines is 1. The number of rotatable bonds is 5. The van der Waals surface area contributed by atoms with Crippen LogP contribution in [0.3, 0.4) is 0 Å². The summed E-state index contributed by atoms with van der Waals surface area (Å²) in [5.41, 5.74) is 0.352. The molecule has 0 saturated carbocycles. The van der Waals surface area contributed by atoms with Crippen LogP contribution in [0, 0.1) is 10.1 Å². The molecular weight excluding hydrogens is 252 g/mol. The first-order valence-corrected chi connectivity index (χ1v) is 5.90. The van der Waals surface area contributed by atoms with Crippen molar-refractivity contribution in [2.45, 2.75) is 26.0 Å². The Kier molecular flexibility index (Phi) is 3.75. The largest absolute Gasteiger partial charge is 0.454 e. The third kappa shape index (κ3) is 2.70. The number of nitrogens with zero attached hydrogens (tertiary/aromatic N) is 1. The van der Waals surface area contributed by atoms with E-state index in [9.17, 15) is 10.1 Å². The van der Waals surface area contributed by atoms with E-state index in [1.54, 1.807) is 13.2 Å². The zero-order valence-electron chi connectivity index (χ0n) is 11.0. The Morgan fingerprint density at radius 1 is 1.37 bits per heavy atom. The quantitative estimate of drug-likeness (QED) is 0.650. The van der Waals surface area contributed by atoms with E-state index >= 15 is 0 Å². The van der Waals surface area contributed by atoms with Gasteiger partial charge in [0.05, 0.1) is 17.1 Å². The molecule has 7 heteroatoms. The number of nitro benzene ring substituents is 1. The number of ether oxygens (including phenoxy) is 3. The molecule has 0 amide bonds. The van der Waals surface area contributed by atoms with E-state index in [1.165, 1.54) is 6.07 Å². The highest BCUT2D eigenvalue weighted by atomic mass is 16.7. The van der Waals surface area contributed by atoms with Crippen LogP contribution in [0.25, 0.3) is 0 Å². The van der Waals surface area contributed by atoms with Gasteiger partial charge in [-0.05, 0) is 13.8 Å². The van der Waals surface area contributed by atoms with Crippen LogP contribution < -0.4 is 14.8 Å². The van der Waals surface area contributed by atoms with E-state index in [-0.39, 0.29) is 24.6 Å². The van der Waals surface area contributed by atoms with Gasteiger partial charge in [-0.25, -0.2) is 0 Å². The van der Waals surface area contributed by atoms with Gasteiger partial charge in [-0.15, -0.1) is 0 Å². The Labute approximate surface area is 110 Å². The molecule has 1 N–H and O–H groups in total. The average Bonchev–Trinajstić information content (AvgIpc) is 2.83. The van der Waals surface area contributed by atoms with Crippen LogP contribution in [-0.2, 0) is 4.74 Å². The van der Waals surface area contributed by atoms with Crippen LogP contribution in [0.1, 0.15) is 13.8 Å². The molecule has 1 aliphatic rings. The lowest BCUT2D eigenvalue weighted by atomic mass is 10.1. The van der Waals surface area contributed by atoms with Crippen molar-refractivity contribution in [3.63, 3.8) is 0 Å². The van der Waals surface area contributed by atoms with E-state index in [2.05, 4.69) is 5.32 Å². The molecule has 2 unspecified atom stereocenters. The maximum Gasteiger partial charge on any atom is 0.296 e. The van der Waals surface area contributed by atoms with Crippen molar-refractivity contribution in [2.24, 2.45) is 0 Å². The second-order valence-corrected chi connectivity index (χ2v) is 4.35. The summed E-state index contributed by atoms with van der Waals surface area (Å²) in [6, 6.07) is 2.87. The van der Waals surface area contributed by atoms with Gasteiger partial charge < -0.3 is 19.5 Å². The van der Waals surface area contributed by atoms with Gasteiger partial charge >= 0.3 is 0 Å². The fraction of sp³-hybridized carbons (Fsp3) is 0.500. The van der Waals surface area contributed by atoms with Crippen LogP contribution >= 0.6 is 0 Å². The van der Waals surface area contributed by atoms with Crippen LogP contribution in [0.2, 0.25) is 0 Å².